The van der Waals surface area contributed by atoms with Crippen LogP contribution in [0.25, 0.3) is 6.08 Å². The highest BCUT2D eigenvalue weighted by Crippen LogP contribution is 2.27. The van der Waals surface area contributed by atoms with Crippen molar-refractivity contribution in [3.05, 3.63) is 34.4 Å². The number of rotatable bonds is 8. The third-order valence-electron chi connectivity index (χ3n) is 2.99. The predicted octanol–water partition coefficient (Wildman–Crippen LogP) is 3.54. The molecule has 0 aliphatic heterocycles. The summed E-state index contributed by atoms with van der Waals surface area (Å²) in [5.41, 5.74) is 3.56. The monoisotopic (exact) mass is 299 g/mol. The van der Waals surface area contributed by atoms with Crippen LogP contribution in [0.4, 0.5) is 8.78 Å². The molecule has 3 nitrogen and oxygen atoms in total. The smallest absolute Gasteiger partial charge is 0.387 e. The number of hydrogen-bond acceptors (Lipinski definition) is 3. The summed E-state index contributed by atoms with van der Waals surface area (Å²) in [5, 5.41) is 3.26. The molecule has 0 spiro atoms. The van der Waals surface area contributed by atoms with Gasteiger partial charge in [-0.05, 0) is 49.6 Å². The molecule has 5 heteroatoms. The van der Waals surface area contributed by atoms with Crippen molar-refractivity contribution in [2.45, 2.75) is 27.4 Å². The van der Waals surface area contributed by atoms with E-state index in [4.69, 9.17) is 4.74 Å². The van der Waals surface area contributed by atoms with E-state index in [1.165, 1.54) is 0 Å². The first-order valence-corrected chi connectivity index (χ1v) is 6.87. The first-order chi connectivity index (χ1) is 9.93. The molecule has 0 aliphatic rings. The highest BCUT2D eigenvalue weighted by atomic mass is 19.3. The van der Waals surface area contributed by atoms with Gasteiger partial charge in [-0.15, -0.1) is 0 Å². The molecule has 1 aromatic rings. The third kappa shape index (κ3) is 6.23. The third-order valence-corrected chi connectivity index (χ3v) is 2.99. The van der Waals surface area contributed by atoms with Crippen LogP contribution in [0, 0.1) is 13.8 Å². The number of nitrogens with one attached hydrogen (secondary N) is 1. The maximum atomic E-state index is 12.3. The van der Waals surface area contributed by atoms with E-state index in [1.807, 2.05) is 25.1 Å². The van der Waals surface area contributed by atoms with Gasteiger partial charge < -0.3 is 14.8 Å². The molecule has 0 aromatic heterocycles. The van der Waals surface area contributed by atoms with Gasteiger partial charge in [-0.3, -0.25) is 0 Å². The lowest BCUT2D eigenvalue weighted by Gasteiger charge is -2.12. The normalized spacial score (nSPS) is 12.0. The second-order valence-corrected chi connectivity index (χ2v) is 5.02. The predicted molar refractivity (Wildman–Crippen MR) is 80.9 cm³/mol. The van der Waals surface area contributed by atoms with Gasteiger partial charge in [0.2, 0.25) is 0 Å². The summed E-state index contributed by atoms with van der Waals surface area (Å²) in [6, 6.07) is 3.70. The fourth-order valence-corrected chi connectivity index (χ4v) is 2.14. The number of alkyl halides is 2. The lowest BCUT2D eigenvalue weighted by atomic mass is 10.0. The van der Waals surface area contributed by atoms with Crippen LogP contribution < -0.4 is 10.1 Å². The van der Waals surface area contributed by atoms with Crippen molar-refractivity contribution >= 4 is 6.08 Å². The van der Waals surface area contributed by atoms with Crippen molar-refractivity contribution in [2.24, 2.45) is 0 Å². The van der Waals surface area contributed by atoms with Gasteiger partial charge in [0.25, 0.3) is 0 Å². The van der Waals surface area contributed by atoms with Crippen molar-refractivity contribution in [3.63, 3.8) is 0 Å². The molecule has 21 heavy (non-hydrogen) atoms. The second-order valence-electron chi connectivity index (χ2n) is 5.02. The number of aryl methyl sites for hydroxylation is 2. The molecule has 1 N–H and O–H groups in total. The number of ether oxygens (including phenoxy) is 2. The Labute approximate surface area is 124 Å². The Morgan fingerprint density at radius 3 is 2.43 bits per heavy atom. The molecule has 0 unspecified atom stereocenters. The SMILES string of the molecule is COCCNCC(C)=Cc1cc(C)c(OC(F)F)c(C)c1. The van der Waals surface area contributed by atoms with Crippen LogP contribution >= 0.6 is 0 Å². The van der Waals surface area contributed by atoms with Crippen LogP contribution in [0.15, 0.2) is 17.7 Å². The summed E-state index contributed by atoms with van der Waals surface area (Å²) in [4.78, 5) is 0. The summed E-state index contributed by atoms with van der Waals surface area (Å²) in [6.45, 7) is 5.00. The van der Waals surface area contributed by atoms with E-state index in [1.54, 1.807) is 21.0 Å². The Balaban J connectivity index is 2.75. The molecule has 0 heterocycles. The summed E-state index contributed by atoms with van der Waals surface area (Å²) < 4.78 is 34.2. The molecule has 0 saturated carbocycles. The first kappa shape index (κ1) is 17.6. The van der Waals surface area contributed by atoms with Crippen LogP contribution in [-0.4, -0.2) is 33.4 Å². The zero-order chi connectivity index (χ0) is 15.8. The lowest BCUT2D eigenvalue weighted by Crippen LogP contribution is -2.20. The Hall–Kier alpha value is -1.46. The van der Waals surface area contributed by atoms with Crippen molar-refractivity contribution < 1.29 is 18.3 Å². The number of benzene rings is 1. The topological polar surface area (TPSA) is 30.5 Å². The molecule has 1 aromatic carbocycles. The second kappa shape index (κ2) is 8.74. The maximum Gasteiger partial charge on any atom is 0.387 e. The zero-order valence-electron chi connectivity index (χ0n) is 13.0. The minimum absolute atomic E-state index is 0.262. The van der Waals surface area contributed by atoms with Gasteiger partial charge >= 0.3 is 6.61 Å². The van der Waals surface area contributed by atoms with E-state index in [0.717, 1.165) is 24.2 Å². The summed E-state index contributed by atoms with van der Waals surface area (Å²) >= 11 is 0. The number of hydrogen-bond donors (Lipinski definition) is 1. The summed E-state index contributed by atoms with van der Waals surface area (Å²) in [5.74, 6) is 0.262. The molecular weight excluding hydrogens is 276 g/mol. The van der Waals surface area contributed by atoms with E-state index < -0.39 is 6.61 Å². The fourth-order valence-electron chi connectivity index (χ4n) is 2.14. The van der Waals surface area contributed by atoms with E-state index in [-0.39, 0.29) is 5.75 Å². The molecule has 1 rings (SSSR count). The first-order valence-electron chi connectivity index (χ1n) is 6.87. The van der Waals surface area contributed by atoms with Crippen LogP contribution in [0.5, 0.6) is 5.75 Å². The number of halogens is 2. The molecule has 0 atom stereocenters. The minimum atomic E-state index is -2.80. The number of methoxy groups -OCH3 is 1. The molecule has 0 aliphatic carbocycles. The van der Waals surface area contributed by atoms with Gasteiger partial charge in [0.1, 0.15) is 5.75 Å². The lowest BCUT2D eigenvalue weighted by molar-refractivity contribution is -0.0507. The summed E-state index contributed by atoms with van der Waals surface area (Å²) in [7, 11) is 1.67. The highest BCUT2D eigenvalue weighted by Gasteiger charge is 2.11. The van der Waals surface area contributed by atoms with Crippen molar-refractivity contribution in [1.29, 1.82) is 0 Å². The van der Waals surface area contributed by atoms with Crippen LogP contribution in [0.2, 0.25) is 0 Å². The molecule has 0 radical (unpaired) electrons. The molecule has 0 amide bonds. The average molecular weight is 299 g/mol. The minimum Gasteiger partial charge on any atom is -0.434 e. The van der Waals surface area contributed by atoms with E-state index in [0.29, 0.717) is 17.7 Å². The van der Waals surface area contributed by atoms with Crippen molar-refractivity contribution in [2.75, 3.05) is 26.8 Å². The van der Waals surface area contributed by atoms with Gasteiger partial charge in [-0.25, -0.2) is 0 Å². The molecular formula is C16H23F2NO2. The quantitative estimate of drug-likeness (QED) is 0.745. The Morgan fingerprint density at radius 2 is 1.90 bits per heavy atom. The van der Waals surface area contributed by atoms with Crippen LogP contribution in [-0.2, 0) is 4.74 Å². The van der Waals surface area contributed by atoms with Crippen molar-refractivity contribution in [1.82, 2.24) is 5.32 Å². The summed E-state index contributed by atoms with van der Waals surface area (Å²) in [6.07, 6.45) is 2.03. The Morgan fingerprint density at radius 1 is 1.29 bits per heavy atom. The van der Waals surface area contributed by atoms with Crippen LogP contribution in [0.1, 0.15) is 23.6 Å². The average Bonchev–Trinajstić information content (AvgIpc) is 2.39. The van der Waals surface area contributed by atoms with E-state index in [2.05, 4.69) is 10.1 Å². The van der Waals surface area contributed by atoms with Crippen molar-refractivity contribution in [3.8, 4) is 5.75 Å². The van der Waals surface area contributed by atoms with Gasteiger partial charge in [0.05, 0.1) is 6.61 Å². The van der Waals surface area contributed by atoms with Gasteiger partial charge in [0, 0.05) is 20.2 Å². The van der Waals surface area contributed by atoms with Crippen LogP contribution in [0.3, 0.4) is 0 Å². The van der Waals surface area contributed by atoms with Gasteiger partial charge in [-0.2, -0.15) is 8.78 Å². The molecule has 0 fully saturated rings. The Bertz CT molecular complexity index is 464. The molecule has 118 valence electrons. The van der Waals surface area contributed by atoms with Gasteiger partial charge in [-0.1, -0.05) is 11.6 Å². The zero-order valence-corrected chi connectivity index (χ0v) is 13.0. The molecule has 0 bridgehead atoms. The van der Waals surface area contributed by atoms with E-state index >= 15 is 0 Å². The largest absolute Gasteiger partial charge is 0.434 e. The van der Waals surface area contributed by atoms with E-state index in [9.17, 15) is 8.78 Å². The maximum absolute atomic E-state index is 12.3. The highest BCUT2D eigenvalue weighted by molar-refractivity contribution is 5.58. The fraction of sp³-hybridized carbons (Fsp3) is 0.500. The standard InChI is InChI=1S/C16H23F2NO2/c1-11(10-19-5-6-20-4)7-14-8-12(2)15(13(3)9-14)21-16(17)18/h7-9,16,19H,5-6,10H2,1-4H3. The van der Waals surface area contributed by atoms with Gasteiger partial charge in [0.15, 0.2) is 0 Å². The Kier molecular flexibility index (Phi) is 7.32. The molecule has 0 saturated heterocycles.